The van der Waals surface area contributed by atoms with Gasteiger partial charge in [-0.2, -0.15) is 0 Å². The first-order valence-corrected chi connectivity index (χ1v) is 6.05. The van der Waals surface area contributed by atoms with E-state index in [-0.39, 0.29) is 5.82 Å². The third kappa shape index (κ3) is 6.31. The molecule has 100 valence electrons. The summed E-state index contributed by atoms with van der Waals surface area (Å²) in [6.07, 6.45) is 6.62. The number of hydrogen-bond acceptors (Lipinski definition) is 3. The van der Waals surface area contributed by atoms with Crippen LogP contribution < -0.4 is 0 Å². The maximum atomic E-state index is 12.3. The highest BCUT2D eigenvalue weighted by Crippen LogP contribution is 2.01. The van der Waals surface area contributed by atoms with Gasteiger partial charge in [0.15, 0.2) is 0 Å². The van der Waals surface area contributed by atoms with Crippen molar-refractivity contribution in [2.75, 3.05) is 0 Å². The lowest BCUT2D eigenvalue weighted by atomic mass is 10.2. The number of rotatable bonds is 3. The monoisotopic (exact) mass is 260 g/mol. The minimum Gasteiger partial charge on any atom is -0.411 e. The van der Waals surface area contributed by atoms with Crippen molar-refractivity contribution in [2.45, 2.75) is 19.8 Å². The molecule has 0 unspecified atom stereocenters. The Balaban J connectivity index is 0.000000200. The second-order valence-corrected chi connectivity index (χ2v) is 3.84. The van der Waals surface area contributed by atoms with Crippen molar-refractivity contribution >= 4 is 6.21 Å². The summed E-state index contributed by atoms with van der Waals surface area (Å²) in [4.78, 5) is 3.89. The van der Waals surface area contributed by atoms with Gasteiger partial charge in [0.25, 0.3) is 0 Å². The molecule has 0 saturated heterocycles. The topological polar surface area (TPSA) is 45.5 Å². The molecule has 0 saturated carbocycles. The Kier molecular flexibility index (Phi) is 6.87. The molecule has 0 fully saturated rings. The summed E-state index contributed by atoms with van der Waals surface area (Å²) in [5.41, 5.74) is 2.27. The van der Waals surface area contributed by atoms with Gasteiger partial charge in [-0.15, -0.1) is 5.16 Å². The Morgan fingerprint density at radius 1 is 1.11 bits per heavy atom. The summed E-state index contributed by atoms with van der Waals surface area (Å²) in [6.45, 7) is 2.13. The molecule has 1 N–H and O–H groups in total. The number of aryl methyl sites for hydroxylation is 1. The molecule has 19 heavy (non-hydrogen) atoms. The second kappa shape index (κ2) is 8.80. The molecule has 1 heterocycles. The van der Waals surface area contributed by atoms with Crippen molar-refractivity contribution in [3.8, 4) is 0 Å². The summed E-state index contributed by atoms with van der Waals surface area (Å²) in [5, 5.41) is 10.9. The second-order valence-electron chi connectivity index (χ2n) is 3.84. The van der Waals surface area contributed by atoms with E-state index in [1.54, 1.807) is 12.1 Å². The van der Waals surface area contributed by atoms with Crippen LogP contribution >= 0.6 is 0 Å². The van der Waals surface area contributed by atoms with Crippen molar-refractivity contribution < 1.29 is 9.60 Å². The van der Waals surface area contributed by atoms with Crippen LogP contribution in [0.2, 0.25) is 0 Å². The molecule has 0 aliphatic rings. The third-order valence-electron chi connectivity index (χ3n) is 2.48. The maximum absolute atomic E-state index is 12.3. The van der Waals surface area contributed by atoms with Crippen molar-refractivity contribution in [3.63, 3.8) is 0 Å². The molecule has 4 heteroatoms. The highest BCUT2D eigenvalue weighted by atomic mass is 19.1. The first-order chi connectivity index (χ1) is 9.26. The number of halogens is 1. The normalized spacial score (nSPS) is 10.0. The van der Waals surface area contributed by atoms with Gasteiger partial charge in [-0.3, -0.25) is 4.98 Å². The van der Waals surface area contributed by atoms with Gasteiger partial charge in [0.1, 0.15) is 5.82 Å². The maximum Gasteiger partial charge on any atom is 0.123 e. The zero-order valence-corrected chi connectivity index (χ0v) is 10.8. The Bertz CT molecular complexity index is 483. The van der Waals surface area contributed by atoms with Gasteiger partial charge in [0.2, 0.25) is 0 Å². The molecular weight excluding hydrogens is 243 g/mol. The van der Waals surface area contributed by atoms with E-state index in [1.807, 2.05) is 24.5 Å². The van der Waals surface area contributed by atoms with E-state index in [0.717, 1.165) is 12.0 Å². The van der Waals surface area contributed by atoms with E-state index >= 15 is 0 Å². The molecule has 1 aromatic carbocycles. The van der Waals surface area contributed by atoms with Gasteiger partial charge in [0.05, 0.1) is 0 Å². The Hall–Kier alpha value is -2.23. The van der Waals surface area contributed by atoms with E-state index < -0.39 is 0 Å². The summed E-state index contributed by atoms with van der Waals surface area (Å²) < 4.78 is 12.3. The molecule has 0 aliphatic heterocycles. The molecule has 3 nitrogen and oxygen atoms in total. The number of nitrogens with zero attached hydrogens (tertiary/aromatic N) is 2. The number of aromatic nitrogens is 1. The van der Waals surface area contributed by atoms with Crippen LogP contribution in [-0.2, 0) is 12.8 Å². The van der Waals surface area contributed by atoms with Crippen molar-refractivity contribution in [3.05, 3.63) is 65.7 Å². The fourth-order valence-electron chi connectivity index (χ4n) is 1.39. The standard InChI is InChI=1S/C8H8FNO.C7H9N/c9-8-3-1-7(2-4-8)5-6-10-11;1-2-7-3-5-8-6-4-7/h1-4,6,11H,5H2;3-6H,2H2,1H3/b10-6-;. The molecule has 1 aromatic heterocycles. The summed E-state index contributed by atoms with van der Waals surface area (Å²) in [7, 11) is 0. The minimum atomic E-state index is -0.255. The largest absolute Gasteiger partial charge is 0.411 e. The predicted octanol–water partition coefficient (Wildman–Crippen LogP) is 3.47. The van der Waals surface area contributed by atoms with Crippen LogP contribution in [0.15, 0.2) is 53.9 Å². The van der Waals surface area contributed by atoms with Crippen molar-refractivity contribution in [2.24, 2.45) is 5.16 Å². The average Bonchev–Trinajstić information content (AvgIpc) is 2.48. The molecule has 0 bridgehead atoms. The Morgan fingerprint density at radius 2 is 1.74 bits per heavy atom. The fourth-order valence-corrected chi connectivity index (χ4v) is 1.39. The first kappa shape index (κ1) is 14.8. The molecule has 0 radical (unpaired) electrons. The summed E-state index contributed by atoms with van der Waals surface area (Å²) in [6, 6.07) is 10.1. The predicted molar refractivity (Wildman–Crippen MR) is 74.0 cm³/mol. The summed E-state index contributed by atoms with van der Waals surface area (Å²) >= 11 is 0. The van der Waals surface area contributed by atoms with E-state index in [9.17, 15) is 4.39 Å². The Morgan fingerprint density at radius 3 is 2.21 bits per heavy atom. The van der Waals surface area contributed by atoms with Gasteiger partial charge in [-0.05, 0) is 41.8 Å². The molecule has 0 spiro atoms. The molecule has 0 aliphatic carbocycles. The average molecular weight is 260 g/mol. The van der Waals surface area contributed by atoms with Crippen LogP contribution in [0.1, 0.15) is 18.1 Å². The SMILES string of the molecule is CCc1ccncc1.O/N=C\Cc1ccc(F)cc1. The zero-order valence-electron chi connectivity index (χ0n) is 10.8. The third-order valence-corrected chi connectivity index (χ3v) is 2.48. The van der Waals surface area contributed by atoms with Crippen molar-refractivity contribution in [1.29, 1.82) is 0 Å². The number of oxime groups is 1. The van der Waals surface area contributed by atoms with Crippen LogP contribution in [0, 0.1) is 5.82 Å². The van der Waals surface area contributed by atoms with E-state index in [2.05, 4.69) is 17.1 Å². The summed E-state index contributed by atoms with van der Waals surface area (Å²) in [5.74, 6) is -0.255. The van der Waals surface area contributed by atoms with E-state index in [0.29, 0.717) is 6.42 Å². The fraction of sp³-hybridized carbons (Fsp3) is 0.200. The quantitative estimate of drug-likeness (QED) is 0.521. The van der Waals surface area contributed by atoms with E-state index in [1.165, 1.54) is 23.9 Å². The lowest BCUT2D eigenvalue weighted by molar-refractivity contribution is 0.321. The Labute approximate surface area is 112 Å². The molecular formula is C15H17FN2O. The highest BCUT2D eigenvalue weighted by molar-refractivity contribution is 5.60. The number of hydrogen-bond donors (Lipinski definition) is 1. The molecule has 0 atom stereocenters. The van der Waals surface area contributed by atoms with Gasteiger partial charge >= 0.3 is 0 Å². The zero-order chi connectivity index (χ0) is 13.9. The lowest BCUT2D eigenvalue weighted by Crippen LogP contribution is -1.85. The van der Waals surface area contributed by atoms with Gasteiger partial charge < -0.3 is 5.21 Å². The van der Waals surface area contributed by atoms with Crippen LogP contribution in [0.4, 0.5) is 4.39 Å². The molecule has 2 rings (SSSR count). The molecule has 0 amide bonds. The minimum absolute atomic E-state index is 0.255. The van der Waals surface area contributed by atoms with Crippen LogP contribution in [0.5, 0.6) is 0 Å². The number of benzene rings is 1. The smallest absolute Gasteiger partial charge is 0.123 e. The van der Waals surface area contributed by atoms with Gasteiger partial charge in [-0.1, -0.05) is 19.1 Å². The highest BCUT2D eigenvalue weighted by Gasteiger charge is 1.90. The first-order valence-electron chi connectivity index (χ1n) is 6.05. The van der Waals surface area contributed by atoms with E-state index in [4.69, 9.17) is 5.21 Å². The van der Waals surface area contributed by atoms with Gasteiger partial charge in [-0.25, -0.2) is 4.39 Å². The van der Waals surface area contributed by atoms with Gasteiger partial charge in [0, 0.05) is 25.0 Å². The van der Waals surface area contributed by atoms with Crippen LogP contribution in [0.3, 0.4) is 0 Å². The van der Waals surface area contributed by atoms with Crippen LogP contribution in [-0.4, -0.2) is 16.4 Å². The molecule has 2 aromatic rings. The lowest BCUT2D eigenvalue weighted by Gasteiger charge is -1.93. The number of pyridine rings is 1. The van der Waals surface area contributed by atoms with Crippen molar-refractivity contribution in [1.82, 2.24) is 4.98 Å². The van der Waals surface area contributed by atoms with Crippen LogP contribution in [0.25, 0.3) is 0 Å².